The van der Waals surface area contributed by atoms with Gasteiger partial charge in [0.2, 0.25) is 5.91 Å². The van der Waals surface area contributed by atoms with Gasteiger partial charge in [0.25, 0.3) is 5.91 Å². The highest BCUT2D eigenvalue weighted by molar-refractivity contribution is 9.10. The number of ether oxygens (including phenoxy) is 1. The topological polar surface area (TPSA) is 79.8 Å². The van der Waals surface area contributed by atoms with Gasteiger partial charge in [0.1, 0.15) is 5.75 Å². The number of nitrogens with zero attached hydrogens (tertiary/aromatic N) is 1. The molecule has 0 aliphatic carbocycles. The molecule has 0 heterocycles. The number of benzene rings is 2. The van der Waals surface area contributed by atoms with Gasteiger partial charge in [-0.3, -0.25) is 9.59 Å². The van der Waals surface area contributed by atoms with Crippen LogP contribution in [-0.4, -0.2) is 24.1 Å². The van der Waals surface area contributed by atoms with Crippen LogP contribution in [0.2, 0.25) is 5.02 Å². The minimum absolute atomic E-state index is 0.0489. The Morgan fingerprint density at radius 3 is 2.52 bits per heavy atom. The minimum atomic E-state index is -0.417. The number of halogens is 2. The van der Waals surface area contributed by atoms with Crippen molar-refractivity contribution in [3.63, 3.8) is 0 Å². The molecule has 0 saturated heterocycles. The van der Waals surface area contributed by atoms with E-state index in [-0.39, 0.29) is 18.9 Å². The van der Waals surface area contributed by atoms with E-state index in [0.717, 1.165) is 10.0 Å². The molecule has 2 amide bonds. The number of anilines is 1. The van der Waals surface area contributed by atoms with Crippen molar-refractivity contribution >= 4 is 50.7 Å². The molecular formula is C19H19BrClN3O3. The molecule has 0 aliphatic rings. The van der Waals surface area contributed by atoms with Crippen molar-refractivity contribution in [2.24, 2.45) is 5.10 Å². The summed E-state index contributed by atoms with van der Waals surface area (Å²) < 4.78 is 6.21. The molecule has 6 nitrogen and oxygen atoms in total. The minimum Gasteiger partial charge on any atom is -0.483 e. The molecule has 0 bridgehead atoms. The highest BCUT2D eigenvalue weighted by Crippen LogP contribution is 2.25. The molecule has 0 aromatic heterocycles. The molecule has 0 atom stereocenters. The lowest BCUT2D eigenvalue weighted by Crippen LogP contribution is -2.26. The quantitative estimate of drug-likeness (QED) is 0.485. The Balaban J connectivity index is 1.77. The van der Waals surface area contributed by atoms with E-state index in [0.29, 0.717) is 22.2 Å². The number of amides is 2. The van der Waals surface area contributed by atoms with Gasteiger partial charge >= 0.3 is 0 Å². The monoisotopic (exact) mass is 451 g/mol. The van der Waals surface area contributed by atoms with Crippen LogP contribution in [0.1, 0.15) is 18.9 Å². The summed E-state index contributed by atoms with van der Waals surface area (Å²) in [4.78, 5) is 23.8. The summed E-state index contributed by atoms with van der Waals surface area (Å²) in [5.41, 5.74) is 4.55. The molecule has 2 aromatic rings. The van der Waals surface area contributed by atoms with Gasteiger partial charge in [0.05, 0.1) is 10.9 Å². The Labute approximate surface area is 171 Å². The molecule has 0 saturated carbocycles. The molecule has 2 aromatic carbocycles. The van der Waals surface area contributed by atoms with Crippen molar-refractivity contribution in [2.75, 3.05) is 11.9 Å². The summed E-state index contributed by atoms with van der Waals surface area (Å²) in [6.07, 6.45) is 0.0489. The van der Waals surface area contributed by atoms with Gasteiger partial charge in [-0.2, -0.15) is 5.10 Å². The summed E-state index contributed by atoms with van der Waals surface area (Å²) in [7, 11) is 0. The number of hydrazone groups is 1. The molecule has 2 rings (SSSR count). The Morgan fingerprint density at radius 1 is 1.15 bits per heavy atom. The van der Waals surface area contributed by atoms with Crippen LogP contribution >= 0.6 is 27.5 Å². The molecule has 8 heteroatoms. The second-order valence-corrected chi connectivity index (χ2v) is 7.13. The first-order chi connectivity index (χ1) is 12.8. The Bertz CT molecular complexity index is 854. The first-order valence-electron chi connectivity index (χ1n) is 8.10. The van der Waals surface area contributed by atoms with Crippen molar-refractivity contribution in [2.45, 2.75) is 20.3 Å². The third-order valence-electron chi connectivity index (χ3n) is 3.36. The fraction of sp³-hybridized carbons (Fsp3) is 0.211. The molecule has 0 aliphatic heterocycles. The summed E-state index contributed by atoms with van der Waals surface area (Å²) in [6, 6.07) is 12.3. The second-order valence-electron chi connectivity index (χ2n) is 5.84. The molecule has 27 heavy (non-hydrogen) atoms. The number of carbonyl (C=O) groups excluding carboxylic acids is 2. The van der Waals surface area contributed by atoms with Crippen LogP contribution in [0, 0.1) is 6.92 Å². The summed E-state index contributed by atoms with van der Waals surface area (Å²) in [5.74, 6) is -0.0913. The largest absolute Gasteiger partial charge is 0.483 e. The van der Waals surface area contributed by atoms with E-state index in [4.69, 9.17) is 16.3 Å². The maximum atomic E-state index is 12.0. The van der Waals surface area contributed by atoms with Crippen molar-refractivity contribution in [3.05, 3.63) is 57.5 Å². The van der Waals surface area contributed by atoms with Crippen molar-refractivity contribution in [1.82, 2.24) is 5.43 Å². The van der Waals surface area contributed by atoms with Gasteiger partial charge in [0.15, 0.2) is 6.61 Å². The Kier molecular flexibility index (Phi) is 7.82. The van der Waals surface area contributed by atoms with E-state index in [1.165, 1.54) is 0 Å². The van der Waals surface area contributed by atoms with Gasteiger partial charge < -0.3 is 10.1 Å². The summed E-state index contributed by atoms with van der Waals surface area (Å²) in [6.45, 7) is 3.43. The third kappa shape index (κ3) is 7.40. The van der Waals surface area contributed by atoms with Crippen LogP contribution in [0.25, 0.3) is 0 Å². The number of aryl methyl sites for hydroxylation is 1. The van der Waals surface area contributed by atoms with Crippen LogP contribution in [-0.2, 0) is 9.59 Å². The number of hydrogen-bond acceptors (Lipinski definition) is 4. The van der Waals surface area contributed by atoms with Crippen molar-refractivity contribution < 1.29 is 14.3 Å². The first-order valence-corrected chi connectivity index (χ1v) is 9.27. The lowest BCUT2D eigenvalue weighted by Gasteiger charge is -2.08. The van der Waals surface area contributed by atoms with Crippen molar-refractivity contribution in [1.29, 1.82) is 0 Å². The van der Waals surface area contributed by atoms with Crippen LogP contribution in [0.3, 0.4) is 0 Å². The lowest BCUT2D eigenvalue weighted by atomic mass is 10.2. The zero-order valence-electron chi connectivity index (χ0n) is 14.9. The molecule has 0 radical (unpaired) electrons. The fourth-order valence-electron chi connectivity index (χ4n) is 2.07. The maximum Gasteiger partial charge on any atom is 0.277 e. The van der Waals surface area contributed by atoms with Crippen LogP contribution in [0.15, 0.2) is 52.0 Å². The van der Waals surface area contributed by atoms with E-state index in [1.54, 1.807) is 37.3 Å². The molecule has 0 fully saturated rings. The molecule has 0 spiro atoms. The predicted molar refractivity (Wildman–Crippen MR) is 110 cm³/mol. The van der Waals surface area contributed by atoms with Crippen LogP contribution in [0.5, 0.6) is 5.75 Å². The Hall–Kier alpha value is -2.38. The number of nitrogens with one attached hydrogen (secondary N) is 2. The average molecular weight is 453 g/mol. The molecule has 2 N–H and O–H groups in total. The molecule has 0 unspecified atom stereocenters. The number of carbonyl (C=O) groups is 2. The first kappa shape index (κ1) is 20.9. The highest BCUT2D eigenvalue weighted by Gasteiger charge is 2.07. The smallest absolute Gasteiger partial charge is 0.277 e. The van der Waals surface area contributed by atoms with Crippen LogP contribution in [0.4, 0.5) is 5.69 Å². The van der Waals surface area contributed by atoms with E-state index >= 15 is 0 Å². The van der Waals surface area contributed by atoms with Gasteiger partial charge in [-0.1, -0.05) is 17.7 Å². The standard InChI is InChI=1S/C19H19BrClN3O3/c1-12-3-8-17(16(20)9-12)27-11-19(26)24-23-13(2)10-18(25)22-15-6-4-14(21)5-7-15/h3-9H,10-11H2,1-2H3,(H,22,25)(H,24,26)/b23-13+. The van der Waals surface area contributed by atoms with E-state index in [9.17, 15) is 9.59 Å². The Morgan fingerprint density at radius 2 is 1.85 bits per heavy atom. The fourth-order valence-corrected chi connectivity index (χ4v) is 2.80. The summed E-state index contributed by atoms with van der Waals surface area (Å²) >= 11 is 9.18. The van der Waals surface area contributed by atoms with Gasteiger partial charge in [0, 0.05) is 16.4 Å². The van der Waals surface area contributed by atoms with E-state index < -0.39 is 5.91 Å². The van der Waals surface area contributed by atoms with Gasteiger partial charge in [-0.25, -0.2) is 5.43 Å². The number of hydrogen-bond donors (Lipinski definition) is 2. The van der Waals surface area contributed by atoms with Gasteiger partial charge in [-0.05, 0) is 71.7 Å². The zero-order chi connectivity index (χ0) is 19.8. The maximum absolute atomic E-state index is 12.0. The lowest BCUT2D eigenvalue weighted by molar-refractivity contribution is -0.123. The van der Waals surface area contributed by atoms with E-state index in [1.807, 2.05) is 19.1 Å². The normalized spacial score (nSPS) is 11.0. The highest BCUT2D eigenvalue weighted by atomic mass is 79.9. The van der Waals surface area contributed by atoms with E-state index in [2.05, 4.69) is 31.8 Å². The SMILES string of the molecule is C/C(CC(=O)Nc1ccc(Cl)cc1)=N\NC(=O)COc1ccc(C)cc1Br. The number of rotatable bonds is 7. The summed E-state index contributed by atoms with van der Waals surface area (Å²) in [5, 5.41) is 7.23. The zero-order valence-corrected chi connectivity index (χ0v) is 17.2. The second kappa shape index (κ2) is 10.1. The third-order valence-corrected chi connectivity index (χ3v) is 4.23. The molecule has 142 valence electrons. The molecular weight excluding hydrogens is 434 g/mol. The van der Waals surface area contributed by atoms with Crippen molar-refractivity contribution in [3.8, 4) is 5.75 Å². The van der Waals surface area contributed by atoms with Crippen LogP contribution < -0.4 is 15.5 Å². The predicted octanol–water partition coefficient (Wildman–Crippen LogP) is 4.31. The van der Waals surface area contributed by atoms with Gasteiger partial charge in [-0.15, -0.1) is 0 Å². The average Bonchev–Trinajstić information content (AvgIpc) is 2.61.